The van der Waals surface area contributed by atoms with Gasteiger partial charge < -0.3 is 15.0 Å². The van der Waals surface area contributed by atoms with E-state index in [2.05, 4.69) is 16.3 Å². The van der Waals surface area contributed by atoms with Crippen LogP contribution in [0.2, 0.25) is 0 Å². The number of benzene rings is 3. The molecule has 3 aromatic rings. The molecule has 1 aliphatic heterocycles. The second-order valence-corrected chi connectivity index (χ2v) is 8.20. The molecule has 0 unspecified atom stereocenters. The Morgan fingerprint density at radius 3 is 2.47 bits per heavy atom. The molecule has 7 heteroatoms. The van der Waals surface area contributed by atoms with Gasteiger partial charge in [0, 0.05) is 30.9 Å². The van der Waals surface area contributed by atoms with Crippen molar-refractivity contribution >= 4 is 29.0 Å². The number of nitro benzene ring substituents is 1. The summed E-state index contributed by atoms with van der Waals surface area (Å²) in [6.45, 7) is 1.44. The van der Waals surface area contributed by atoms with Crippen LogP contribution in [0.3, 0.4) is 0 Å². The zero-order valence-electron chi connectivity index (χ0n) is 19.0. The fourth-order valence-corrected chi connectivity index (χ4v) is 4.37. The van der Waals surface area contributed by atoms with Gasteiger partial charge in [0.05, 0.1) is 12.0 Å². The van der Waals surface area contributed by atoms with Crippen LogP contribution >= 0.6 is 0 Å². The maximum atomic E-state index is 12.2. The van der Waals surface area contributed by atoms with Gasteiger partial charge in [0.25, 0.3) is 5.69 Å². The molecule has 1 aliphatic rings. The molecule has 1 saturated heterocycles. The standard InChI is InChI=1S/C27H27N3O4/c1-34-26-10-6-5-9-23(26)21-15-17-29(18-16-21)24-13-11-20(19-25(24)30(32)33)12-14-27(31)28-22-7-3-2-4-8-22/h2-14,19,21H,15-18H2,1H3,(H,28,31)/b14-12+. The van der Waals surface area contributed by atoms with Crippen LogP contribution < -0.4 is 15.0 Å². The van der Waals surface area contributed by atoms with Gasteiger partial charge in [-0.1, -0.05) is 42.5 Å². The number of nitro groups is 1. The van der Waals surface area contributed by atoms with Crippen LogP contribution in [-0.2, 0) is 4.79 Å². The number of hydrogen-bond donors (Lipinski definition) is 1. The highest BCUT2D eigenvalue weighted by Crippen LogP contribution is 2.38. The number of para-hydroxylation sites is 2. The van der Waals surface area contributed by atoms with E-state index in [1.54, 1.807) is 37.5 Å². The number of amides is 1. The fraction of sp³-hybridized carbons (Fsp3) is 0.222. The van der Waals surface area contributed by atoms with Crippen molar-refractivity contribution in [2.45, 2.75) is 18.8 Å². The van der Waals surface area contributed by atoms with E-state index >= 15 is 0 Å². The zero-order chi connectivity index (χ0) is 23.9. The quantitative estimate of drug-likeness (QED) is 0.282. The van der Waals surface area contributed by atoms with Crippen molar-refractivity contribution in [3.63, 3.8) is 0 Å². The molecule has 0 bridgehead atoms. The van der Waals surface area contributed by atoms with Gasteiger partial charge in [-0.25, -0.2) is 0 Å². The normalized spacial score (nSPS) is 14.2. The summed E-state index contributed by atoms with van der Waals surface area (Å²) in [6, 6.07) is 22.3. The van der Waals surface area contributed by atoms with Crippen molar-refractivity contribution in [2.24, 2.45) is 0 Å². The lowest BCUT2D eigenvalue weighted by molar-refractivity contribution is -0.384. The maximum Gasteiger partial charge on any atom is 0.293 e. The van der Waals surface area contributed by atoms with Crippen LogP contribution in [0.5, 0.6) is 5.75 Å². The summed E-state index contributed by atoms with van der Waals surface area (Å²) >= 11 is 0. The number of piperidine rings is 1. The Hall–Kier alpha value is -4.13. The zero-order valence-corrected chi connectivity index (χ0v) is 19.0. The van der Waals surface area contributed by atoms with E-state index < -0.39 is 0 Å². The van der Waals surface area contributed by atoms with Gasteiger partial charge in [-0.2, -0.15) is 0 Å². The average molecular weight is 458 g/mol. The minimum Gasteiger partial charge on any atom is -0.496 e. The van der Waals surface area contributed by atoms with Crippen molar-refractivity contribution in [1.29, 1.82) is 0 Å². The molecule has 3 aromatic carbocycles. The molecule has 1 heterocycles. The first kappa shape index (κ1) is 23.0. The molecule has 0 radical (unpaired) electrons. The lowest BCUT2D eigenvalue weighted by Crippen LogP contribution is -2.33. The highest BCUT2D eigenvalue weighted by Gasteiger charge is 2.27. The summed E-state index contributed by atoms with van der Waals surface area (Å²) in [5.41, 5.74) is 3.13. The first-order valence-corrected chi connectivity index (χ1v) is 11.3. The number of hydrogen-bond acceptors (Lipinski definition) is 5. The Kier molecular flexibility index (Phi) is 7.22. The monoisotopic (exact) mass is 457 g/mol. The molecule has 0 aliphatic carbocycles. The molecule has 1 amide bonds. The number of nitrogens with zero attached hydrogens (tertiary/aromatic N) is 2. The van der Waals surface area contributed by atoms with E-state index in [0.29, 0.717) is 22.9 Å². The van der Waals surface area contributed by atoms with Crippen LogP contribution in [-0.4, -0.2) is 31.0 Å². The Morgan fingerprint density at radius 1 is 1.06 bits per heavy atom. The Morgan fingerprint density at radius 2 is 1.76 bits per heavy atom. The van der Waals surface area contributed by atoms with Crippen LogP contribution in [0, 0.1) is 10.1 Å². The molecule has 4 rings (SSSR count). The predicted molar refractivity (Wildman–Crippen MR) is 134 cm³/mol. The number of ether oxygens (including phenoxy) is 1. The molecule has 0 saturated carbocycles. The fourth-order valence-electron chi connectivity index (χ4n) is 4.37. The number of methoxy groups -OCH3 is 1. The average Bonchev–Trinajstić information content (AvgIpc) is 2.88. The molecule has 1 fully saturated rings. The van der Waals surface area contributed by atoms with Crippen molar-refractivity contribution in [3.05, 3.63) is 100 Å². The first-order valence-electron chi connectivity index (χ1n) is 11.3. The van der Waals surface area contributed by atoms with E-state index in [1.807, 2.05) is 36.4 Å². The minimum absolute atomic E-state index is 0.0429. The molecule has 1 N–H and O–H groups in total. The predicted octanol–water partition coefficient (Wildman–Crippen LogP) is 5.64. The highest BCUT2D eigenvalue weighted by molar-refractivity contribution is 6.02. The molecular weight excluding hydrogens is 430 g/mol. The van der Waals surface area contributed by atoms with E-state index in [1.165, 1.54) is 17.7 Å². The Bertz CT molecular complexity index is 1190. The van der Waals surface area contributed by atoms with Gasteiger partial charge >= 0.3 is 0 Å². The molecule has 0 aromatic heterocycles. The smallest absolute Gasteiger partial charge is 0.293 e. The number of nitrogens with one attached hydrogen (secondary N) is 1. The summed E-state index contributed by atoms with van der Waals surface area (Å²) in [5.74, 6) is 0.951. The lowest BCUT2D eigenvalue weighted by atomic mass is 9.88. The van der Waals surface area contributed by atoms with Crippen LogP contribution in [0.25, 0.3) is 6.08 Å². The van der Waals surface area contributed by atoms with Crippen LogP contribution in [0.1, 0.15) is 29.9 Å². The number of rotatable bonds is 7. The van der Waals surface area contributed by atoms with E-state index in [4.69, 9.17) is 4.74 Å². The second kappa shape index (κ2) is 10.7. The van der Waals surface area contributed by atoms with Gasteiger partial charge in [-0.15, -0.1) is 0 Å². The van der Waals surface area contributed by atoms with Gasteiger partial charge in [0.15, 0.2) is 0 Å². The maximum absolute atomic E-state index is 12.2. The Balaban J connectivity index is 1.45. The number of carbonyl (C=O) groups is 1. The third-order valence-corrected chi connectivity index (χ3v) is 6.08. The lowest BCUT2D eigenvalue weighted by Gasteiger charge is -2.34. The van der Waals surface area contributed by atoms with Crippen molar-refractivity contribution in [2.75, 3.05) is 30.4 Å². The van der Waals surface area contributed by atoms with Gasteiger partial charge in [-0.3, -0.25) is 14.9 Å². The Labute approximate surface area is 198 Å². The van der Waals surface area contributed by atoms with Crippen LogP contribution in [0.15, 0.2) is 78.9 Å². The molecule has 0 spiro atoms. The van der Waals surface area contributed by atoms with Crippen molar-refractivity contribution in [1.82, 2.24) is 0 Å². The molecule has 7 nitrogen and oxygen atoms in total. The van der Waals surface area contributed by atoms with Crippen LogP contribution in [0.4, 0.5) is 17.1 Å². The van der Waals surface area contributed by atoms with Gasteiger partial charge in [-0.05, 0) is 60.2 Å². The van der Waals surface area contributed by atoms with E-state index in [9.17, 15) is 14.9 Å². The molecule has 34 heavy (non-hydrogen) atoms. The summed E-state index contributed by atoms with van der Waals surface area (Å²) < 4.78 is 5.51. The van der Waals surface area contributed by atoms with E-state index in [-0.39, 0.29) is 16.5 Å². The highest BCUT2D eigenvalue weighted by atomic mass is 16.6. The molecule has 174 valence electrons. The summed E-state index contributed by atoms with van der Waals surface area (Å²) in [7, 11) is 1.68. The second-order valence-electron chi connectivity index (χ2n) is 8.20. The third-order valence-electron chi connectivity index (χ3n) is 6.08. The minimum atomic E-state index is -0.358. The summed E-state index contributed by atoms with van der Waals surface area (Å²) in [4.78, 5) is 25.7. The van der Waals surface area contributed by atoms with Crippen molar-refractivity contribution in [3.8, 4) is 5.75 Å². The SMILES string of the molecule is COc1ccccc1C1CCN(c2ccc(/C=C/C(=O)Nc3ccccc3)cc2[N+](=O)[O-])CC1. The number of anilines is 2. The van der Waals surface area contributed by atoms with E-state index in [0.717, 1.165) is 31.7 Å². The molecule has 0 atom stereocenters. The van der Waals surface area contributed by atoms with Gasteiger partial charge in [0.2, 0.25) is 5.91 Å². The third kappa shape index (κ3) is 5.43. The summed E-state index contributed by atoms with van der Waals surface area (Å²) in [6.07, 6.45) is 4.74. The first-order chi connectivity index (χ1) is 16.5. The topological polar surface area (TPSA) is 84.7 Å². The van der Waals surface area contributed by atoms with Crippen molar-refractivity contribution < 1.29 is 14.5 Å². The van der Waals surface area contributed by atoms with Gasteiger partial charge in [0.1, 0.15) is 11.4 Å². The molecular formula is C27H27N3O4. The number of carbonyl (C=O) groups excluding carboxylic acids is 1. The summed E-state index contributed by atoms with van der Waals surface area (Å²) in [5, 5.41) is 14.6. The largest absolute Gasteiger partial charge is 0.496 e.